The Bertz CT molecular complexity index is 820. The van der Waals surface area contributed by atoms with Gasteiger partial charge < -0.3 is 10.3 Å². The number of benzene rings is 2. The van der Waals surface area contributed by atoms with Gasteiger partial charge in [-0.15, -0.1) is 0 Å². The fourth-order valence-corrected chi connectivity index (χ4v) is 3.29. The summed E-state index contributed by atoms with van der Waals surface area (Å²) >= 11 is 0. The van der Waals surface area contributed by atoms with Crippen molar-refractivity contribution < 1.29 is 4.79 Å². The van der Waals surface area contributed by atoms with Gasteiger partial charge in [0.1, 0.15) is 0 Å². The molecule has 3 aromatic rings. The first-order valence-corrected chi connectivity index (χ1v) is 9.03. The van der Waals surface area contributed by atoms with Gasteiger partial charge in [0.15, 0.2) is 0 Å². The van der Waals surface area contributed by atoms with Crippen LogP contribution in [0.3, 0.4) is 0 Å². The molecule has 3 heteroatoms. The highest BCUT2D eigenvalue weighted by Crippen LogP contribution is 2.22. The van der Waals surface area contributed by atoms with E-state index >= 15 is 0 Å². The molecule has 0 spiro atoms. The van der Waals surface area contributed by atoms with Crippen molar-refractivity contribution in [3.05, 3.63) is 71.9 Å². The topological polar surface area (TPSA) is 44.9 Å². The van der Waals surface area contributed by atoms with Crippen molar-refractivity contribution in [3.8, 4) is 0 Å². The van der Waals surface area contributed by atoms with Crippen LogP contribution in [-0.2, 0) is 11.2 Å². The van der Waals surface area contributed by atoms with Gasteiger partial charge in [-0.1, -0.05) is 62.4 Å². The molecule has 0 aliphatic rings. The Morgan fingerprint density at radius 2 is 1.76 bits per heavy atom. The van der Waals surface area contributed by atoms with Crippen molar-refractivity contribution in [2.75, 3.05) is 0 Å². The normalized spacial score (nSPS) is 12.4. The van der Waals surface area contributed by atoms with E-state index in [0.717, 1.165) is 18.4 Å². The van der Waals surface area contributed by atoms with Gasteiger partial charge in [0, 0.05) is 23.5 Å². The smallest absolute Gasteiger partial charge is 0.220 e. The molecule has 1 unspecified atom stereocenters. The van der Waals surface area contributed by atoms with Crippen LogP contribution in [0.1, 0.15) is 43.9 Å². The molecule has 25 heavy (non-hydrogen) atoms. The first-order chi connectivity index (χ1) is 12.1. The van der Waals surface area contributed by atoms with Gasteiger partial charge in [-0.25, -0.2) is 0 Å². The molecule has 0 aliphatic heterocycles. The molecule has 1 heterocycles. The third-order valence-electron chi connectivity index (χ3n) is 4.54. The zero-order valence-corrected chi connectivity index (χ0v) is 15.0. The lowest BCUT2D eigenvalue weighted by atomic mass is 9.96. The number of para-hydroxylation sites is 1. The molecule has 2 aromatic carbocycles. The average molecular weight is 334 g/mol. The van der Waals surface area contributed by atoms with Crippen LogP contribution in [0.4, 0.5) is 0 Å². The number of carbonyl (C=O) groups is 1. The van der Waals surface area contributed by atoms with E-state index in [4.69, 9.17) is 0 Å². The molecule has 1 amide bonds. The van der Waals surface area contributed by atoms with Gasteiger partial charge in [-0.05, 0) is 36.0 Å². The second-order valence-electron chi connectivity index (χ2n) is 7.02. The second-order valence-corrected chi connectivity index (χ2v) is 7.02. The minimum absolute atomic E-state index is 0.0802. The Kier molecular flexibility index (Phi) is 5.54. The number of fused-ring (bicyclic) bond motifs is 1. The minimum atomic E-state index is 0.0802. The monoisotopic (exact) mass is 334 g/mol. The van der Waals surface area contributed by atoms with Gasteiger partial charge in [0.2, 0.25) is 5.91 Å². The summed E-state index contributed by atoms with van der Waals surface area (Å²) in [6.45, 7) is 4.38. The summed E-state index contributed by atoms with van der Waals surface area (Å²) in [6, 6.07) is 18.5. The summed E-state index contributed by atoms with van der Waals surface area (Å²) in [5.74, 6) is 0.638. The van der Waals surface area contributed by atoms with E-state index in [-0.39, 0.29) is 11.9 Å². The van der Waals surface area contributed by atoms with Crippen molar-refractivity contribution >= 4 is 16.8 Å². The van der Waals surface area contributed by atoms with Crippen LogP contribution in [0.15, 0.2) is 60.8 Å². The Labute approximate surface area is 149 Å². The predicted molar refractivity (Wildman–Crippen MR) is 103 cm³/mol. The third kappa shape index (κ3) is 4.50. The first-order valence-electron chi connectivity index (χ1n) is 9.03. The summed E-state index contributed by atoms with van der Waals surface area (Å²) in [5.41, 5.74) is 3.50. The van der Waals surface area contributed by atoms with Crippen molar-refractivity contribution in [2.24, 2.45) is 5.92 Å². The number of hydrogen-bond donors (Lipinski definition) is 2. The lowest BCUT2D eigenvalue weighted by Crippen LogP contribution is -2.29. The van der Waals surface area contributed by atoms with Crippen molar-refractivity contribution in [2.45, 2.75) is 39.2 Å². The lowest BCUT2D eigenvalue weighted by molar-refractivity contribution is -0.121. The number of amides is 1. The van der Waals surface area contributed by atoms with Crippen LogP contribution in [0.5, 0.6) is 0 Å². The molecule has 0 aliphatic carbocycles. The predicted octanol–water partition coefficient (Wildman–Crippen LogP) is 5.00. The summed E-state index contributed by atoms with van der Waals surface area (Å²) in [4.78, 5) is 15.8. The van der Waals surface area contributed by atoms with Gasteiger partial charge in [-0.2, -0.15) is 0 Å². The molecular formula is C22H26N2O. The maximum absolute atomic E-state index is 12.5. The average Bonchev–Trinajstić information content (AvgIpc) is 3.03. The minimum Gasteiger partial charge on any atom is -0.361 e. The maximum atomic E-state index is 12.5. The highest BCUT2D eigenvalue weighted by atomic mass is 16.1. The number of H-pyrrole nitrogens is 1. The van der Waals surface area contributed by atoms with Crippen LogP contribution >= 0.6 is 0 Å². The molecule has 3 nitrogen and oxygen atoms in total. The standard InChI is InChI=1S/C22H26N2O/c1-16(2)14-21(17-8-4-3-5-9-17)24-22(25)13-12-18-15-23-20-11-7-6-10-19(18)20/h3-11,15-16,21,23H,12-14H2,1-2H3,(H,24,25). The van der Waals surface area contributed by atoms with Gasteiger partial charge in [-0.3, -0.25) is 4.79 Å². The third-order valence-corrected chi connectivity index (χ3v) is 4.54. The molecule has 3 rings (SSSR count). The van der Waals surface area contributed by atoms with Crippen LogP contribution < -0.4 is 5.32 Å². The number of aryl methyl sites for hydroxylation is 1. The first kappa shape index (κ1) is 17.3. The molecule has 0 fully saturated rings. The van der Waals surface area contributed by atoms with Gasteiger partial charge in [0.25, 0.3) is 0 Å². The van der Waals surface area contributed by atoms with Crippen molar-refractivity contribution in [3.63, 3.8) is 0 Å². The van der Waals surface area contributed by atoms with E-state index in [1.54, 1.807) is 0 Å². The molecule has 1 atom stereocenters. The largest absolute Gasteiger partial charge is 0.361 e. The molecule has 1 aromatic heterocycles. The van der Waals surface area contributed by atoms with Gasteiger partial charge in [0.05, 0.1) is 6.04 Å². The van der Waals surface area contributed by atoms with Crippen LogP contribution in [-0.4, -0.2) is 10.9 Å². The van der Waals surface area contributed by atoms with Crippen molar-refractivity contribution in [1.29, 1.82) is 0 Å². The van der Waals surface area contributed by atoms with E-state index < -0.39 is 0 Å². The van der Waals surface area contributed by atoms with Crippen molar-refractivity contribution in [1.82, 2.24) is 10.3 Å². The number of hydrogen-bond acceptors (Lipinski definition) is 1. The Morgan fingerprint density at radius 1 is 1.04 bits per heavy atom. The van der Waals surface area contributed by atoms with Crippen LogP contribution in [0.2, 0.25) is 0 Å². The molecule has 0 saturated heterocycles. The number of aromatic amines is 1. The molecule has 0 bridgehead atoms. The van der Waals surface area contributed by atoms with E-state index in [9.17, 15) is 4.79 Å². The Balaban J connectivity index is 1.63. The summed E-state index contributed by atoms with van der Waals surface area (Å²) in [5, 5.41) is 4.43. The molecule has 0 radical (unpaired) electrons. The van der Waals surface area contributed by atoms with E-state index in [0.29, 0.717) is 12.3 Å². The maximum Gasteiger partial charge on any atom is 0.220 e. The van der Waals surface area contributed by atoms with Gasteiger partial charge >= 0.3 is 0 Å². The number of aromatic nitrogens is 1. The zero-order valence-electron chi connectivity index (χ0n) is 15.0. The second kappa shape index (κ2) is 8.02. The highest BCUT2D eigenvalue weighted by molar-refractivity contribution is 5.84. The summed E-state index contributed by atoms with van der Waals surface area (Å²) < 4.78 is 0. The zero-order chi connectivity index (χ0) is 17.6. The number of rotatable bonds is 7. The van der Waals surface area contributed by atoms with E-state index in [1.165, 1.54) is 16.5 Å². The Hall–Kier alpha value is -2.55. The number of carbonyl (C=O) groups excluding carboxylic acids is 1. The van der Waals surface area contributed by atoms with E-state index in [2.05, 4.69) is 48.4 Å². The molecule has 0 saturated carbocycles. The van der Waals surface area contributed by atoms with Crippen LogP contribution in [0, 0.1) is 5.92 Å². The SMILES string of the molecule is CC(C)CC(NC(=O)CCc1c[nH]c2ccccc12)c1ccccc1. The molecular weight excluding hydrogens is 308 g/mol. The highest BCUT2D eigenvalue weighted by Gasteiger charge is 2.16. The number of nitrogens with one attached hydrogen (secondary N) is 2. The molecule has 130 valence electrons. The fraction of sp³-hybridized carbons (Fsp3) is 0.318. The summed E-state index contributed by atoms with van der Waals surface area (Å²) in [7, 11) is 0. The fourth-order valence-electron chi connectivity index (χ4n) is 3.29. The lowest BCUT2D eigenvalue weighted by Gasteiger charge is -2.21. The Morgan fingerprint density at radius 3 is 2.52 bits per heavy atom. The van der Waals surface area contributed by atoms with E-state index in [1.807, 2.05) is 36.5 Å². The quantitative estimate of drug-likeness (QED) is 0.627. The molecule has 2 N–H and O–H groups in total. The van der Waals surface area contributed by atoms with Crippen LogP contribution in [0.25, 0.3) is 10.9 Å². The summed E-state index contributed by atoms with van der Waals surface area (Å²) in [6.07, 6.45) is 4.21.